The van der Waals surface area contributed by atoms with Crippen LogP contribution in [0.15, 0.2) is 154 Å². The fourth-order valence-corrected chi connectivity index (χ4v) is 10.5. The summed E-state index contributed by atoms with van der Waals surface area (Å²) in [5.74, 6) is 0.00996. The van der Waals surface area contributed by atoms with Crippen LogP contribution in [0.4, 0.5) is 17.1 Å². The number of nitrogens with zero attached hydrogens (tertiary/aromatic N) is 3. The van der Waals surface area contributed by atoms with Gasteiger partial charge >= 0.3 is 0 Å². The SMILES string of the molecule is CN(c1ccccc1)c1ccc2c(-c3ccccc3S(=O)(=O)N3CCC(C(=O)CCC(=O)NCCc4ccc(O)cc4)CC3)c3ccc(=[N+](C)c4ccc(S(=O)(=O)O)cc4)cc-3oc2c1. The Balaban J connectivity index is 1.08. The Kier molecular flexibility index (Phi) is 13.0. The Labute approximate surface area is 378 Å². The number of piperidine rings is 1. The number of amides is 1. The van der Waals surface area contributed by atoms with Crippen molar-refractivity contribution in [3.63, 3.8) is 0 Å². The van der Waals surface area contributed by atoms with E-state index in [0.29, 0.717) is 70.3 Å². The topological polar surface area (TPSA) is 178 Å². The molecule has 5 aromatic carbocycles. The maximum atomic E-state index is 14.7. The first-order valence-corrected chi connectivity index (χ1v) is 24.2. The monoisotopic (exact) mass is 913 g/mol. The van der Waals surface area contributed by atoms with Crippen molar-refractivity contribution in [1.82, 2.24) is 14.2 Å². The number of Topliss-reactive ketones (excluding diaryl/α,β-unsaturated/α-hetero) is 1. The average Bonchev–Trinajstić information content (AvgIpc) is 3.32. The second kappa shape index (κ2) is 18.8. The largest absolute Gasteiger partial charge is 0.508 e. The Bertz CT molecular complexity index is 3150. The van der Waals surface area contributed by atoms with Crippen LogP contribution in [-0.4, -0.2) is 76.2 Å². The third-order valence-electron chi connectivity index (χ3n) is 12.1. The number of phenolic OH excluding ortho intramolecular Hbond substituents is 1. The van der Waals surface area contributed by atoms with Crippen molar-refractivity contribution < 1.29 is 40.5 Å². The lowest BCUT2D eigenvalue weighted by Gasteiger charge is -2.31. The second-order valence-corrected chi connectivity index (χ2v) is 19.5. The Morgan fingerprint density at radius 2 is 1.48 bits per heavy atom. The van der Waals surface area contributed by atoms with Gasteiger partial charge in [0, 0.05) is 103 Å². The van der Waals surface area contributed by atoms with Crippen molar-refractivity contribution >= 4 is 59.9 Å². The van der Waals surface area contributed by atoms with Crippen LogP contribution in [0.2, 0.25) is 0 Å². The molecule has 0 saturated carbocycles. The lowest BCUT2D eigenvalue weighted by Crippen LogP contribution is -2.40. The van der Waals surface area contributed by atoms with E-state index >= 15 is 0 Å². The molecule has 0 unspecified atom stereocenters. The summed E-state index contributed by atoms with van der Waals surface area (Å²) in [5.41, 5.74) is 5.74. The Morgan fingerprint density at radius 1 is 0.785 bits per heavy atom. The van der Waals surface area contributed by atoms with Gasteiger partial charge < -0.3 is 19.7 Å². The van der Waals surface area contributed by atoms with Crippen molar-refractivity contribution in [1.29, 1.82) is 0 Å². The number of carbonyl (C=O) groups is 2. The molecule has 0 atom stereocenters. The average molecular weight is 914 g/mol. The first kappa shape index (κ1) is 44.9. The van der Waals surface area contributed by atoms with E-state index in [4.69, 9.17) is 4.42 Å². The number of fused-ring (bicyclic) bond motifs is 2. The third kappa shape index (κ3) is 9.88. The number of rotatable bonds is 14. The summed E-state index contributed by atoms with van der Waals surface area (Å²) in [6.45, 7) is 0.698. The van der Waals surface area contributed by atoms with Gasteiger partial charge in [-0.15, -0.1) is 0 Å². The molecule has 2 aliphatic heterocycles. The number of aromatic hydroxyl groups is 1. The summed E-state index contributed by atoms with van der Waals surface area (Å²) < 4.78 is 72.4. The number of anilines is 2. The molecule has 0 spiro atoms. The van der Waals surface area contributed by atoms with Crippen LogP contribution in [0.5, 0.6) is 5.75 Å². The summed E-state index contributed by atoms with van der Waals surface area (Å²) in [6, 6.07) is 40.8. The molecule has 13 nitrogen and oxygen atoms in total. The van der Waals surface area contributed by atoms with E-state index in [1.54, 1.807) is 60.7 Å². The predicted octanol–water partition coefficient (Wildman–Crippen LogP) is 7.77. The van der Waals surface area contributed by atoms with Crippen LogP contribution < -0.4 is 20.1 Å². The molecule has 15 heteroatoms. The lowest BCUT2D eigenvalue weighted by atomic mass is 9.91. The standard InChI is InChI=1S/C50H48N4O9S2/c1-52(36-8-4-3-5-9-36)38-16-22-42-46(32-38)63-47-33-39(53(2)37-14-20-41(21-15-37)65(60,61)62)17-23-43(47)50(42)44-10-6-7-11-48(44)64(58,59)54-30-27-35(28-31-54)45(56)24-25-49(57)51-29-26-34-12-18-40(55)19-13-34/h3-23,32-33,35H,24-31H2,1-2H3,(H2-,51,55,57,60,61,62)/p+1. The van der Waals surface area contributed by atoms with Crippen LogP contribution in [0.25, 0.3) is 33.4 Å². The van der Waals surface area contributed by atoms with E-state index in [9.17, 15) is 36.1 Å². The molecule has 334 valence electrons. The number of para-hydroxylation sites is 1. The first-order valence-electron chi connectivity index (χ1n) is 21.3. The highest BCUT2D eigenvalue weighted by Gasteiger charge is 2.34. The van der Waals surface area contributed by atoms with Crippen LogP contribution in [0.3, 0.4) is 0 Å². The molecule has 1 aliphatic carbocycles. The van der Waals surface area contributed by atoms with E-state index in [1.165, 1.54) is 16.4 Å². The molecule has 0 aromatic heterocycles. The second-order valence-electron chi connectivity index (χ2n) is 16.2. The summed E-state index contributed by atoms with van der Waals surface area (Å²) in [6.07, 6.45) is 1.40. The highest BCUT2D eigenvalue weighted by molar-refractivity contribution is 7.89. The maximum absolute atomic E-state index is 14.7. The fourth-order valence-electron chi connectivity index (χ4n) is 8.36. The molecule has 3 N–H and O–H groups in total. The number of nitrogens with one attached hydrogen (secondary N) is 1. The van der Waals surface area contributed by atoms with Gasteiger partial charge in [0.2, 0.25) is 27.0 Å². The van der Waals surface area contributed by atoms with Crippen LogP contribution in [-0.2, 0) is 36.2 Å². The van der Waals surface area contributed by atoms with Gasteiger partial charge in [-0.2, -0.15) is 17.3 Å². The molecule has 0 bridgehead atoms. The van der Waals surface area contributed by atoms with Crippen molar-refractivity contribution in [2.45, 2.75) is 41.9 Å². The Hall–Kier alpha value is -6.65. The van der Waals surface area contributed by atoms with E-state index in [2.05, 4.69) is 5.32 Å². The van der Waals surface area contributed by atoms with Gasteiger partial charge in [0.1, 0.15) is 29.9 Å². The number of carbonyl (C=O) groups excluding carboxylic acids is 2. The minimum Gasteiger partial charge on any atom is -0.508 e. The lowest BCUT2D eigenvalue weighted by molar-refractivity contribution is -0.128. The van der Waals surface area contributed by atoms with Crippen molar-refractivity contribution in [2.24, 2.45) is 5.92 Å². The van der Waals surface area contributed by atoms with E-state index < -0.39 is 20.1 Å². The van der Waals surface area contributed by atoms with Crippen molar-refractivity contribution in [2.75, 3.05) is 38.6 Å². The number of sulfonamides is 1. The van der Waals surface area contributed by atoms with Crippen LogP contribution in [0, 0.1) is 5.92 Å². The van der Waals surface area contributed by atoms with Gasteiger partial charge in [0.05, 0.1) is 15.9 Å². The molecule has 5 aromatic rings. The van der Waals surface area contributed by atoms with Gasteiger partial charge in [0.15, 0.2) is 0 Å². The molecule has 1 fully saturated rings. The normalized spacial score (nSPS) is 14.3. The van der Waals surface area contributed by atoms with Gasteiger partial charge in [-0.1, -0.05) is 48.5 Å². The van der Waals surface area contributed by atoms with E-state index in [1.807, 2.05) is 90.3 Å². The number of ketones is 1. The predicted molar refractivity (Wildman–Crippen MR) is 250 cm³/mol. The van der Waals surface area contributed by atoms with E-state index in [0.717, 1.165) is 16.9 Å². The molecule has 65 heavy (non-hydrogen) atoms. The summed E-state index contributed by atoms with van der Waals surface area (Å²) >= 11 is 0. The van der Waals surface area contributed by atoms with Crippen LogP contribution >= 0.6 is 0 Å². The zero-order valence-electron chi connectivity index (χ0n) is 35.9. The fraction of sp³-hybridized carbons (Fsp3) is 0.220. The molecule has 1 saturated heterocycles. The summed E-state index contributed by atoms with van der Waals surface area (Å²) in [4.78, 5) is 27.7. The molecular weight excluding hydrogens is 865 g/mol. The smallest absolute Gasteiger partial charge is 0.294 e. The van der Waals surface area contributed by atoms with Crippen molar-refractivity contribution in [3.8, 4) is 28.2 Å². The van der Waals surface area contributed by atoms with Crippen LogP contribution in [0.1, 0.15) is 31.2 Å². The van der Waals surface area contributed by atoms with Gasteiger partial charge in [0.25, 0.3) is 10.1 Å². The molecule has 3 aliphatic rings. The minimum absolute atomic E-state index is 0.0531. The quantitative estimate of drug-likeness (QED) is 0.0555. The summed E-state index contributed by atoms with van der Waals surface area (Å²) in [7, 11) is -4.68. The third-order valence-corrected chi connectivity index (χ3v) is 14.9. The summed E-state index contributed by atoms with van der Waals surface area (Å²) in [5, 5.41) is 13.7. The molecule has 2 heterocycles. The number of hydrogen-bond acceptors (Lipinski definition) is 9. The van der Waals surface area contributed by atoms with Gasteiger partial charge in [-0.05, 0) is 85.5 Å². The Morgan fingerprint density at radius 3 is 2.18 bits per heavy atom. The highest BCUT2D eigenvalue weighted by Crippen LogP contribution is 2.44. The maximum Gasteiger partial charge on any atom is 0.294 e. The van der Waals surface area contributed by atoms with Gasteiger partial charge in [-0.3, -0.25) is 14.1 Å². The number of benzene rings is 6. The first-order chi connectivity index (χ1) is 31.2. The number of phenols is 1. The number of hydrogen-bond donors (Lipinski definition) is 3. The molecule has 8 rings (SSSR count). The highest BCUT2D eigenvalue weighted by atomic mass is 32.2. The zero-order chi connectivity index (χ0) is 45.9. The molecule has 0 radical (unpaired) electrons. The van der Waals surface area contributed by atoms with E-state index in [-0.39, 0.29) is 59.1 Å². The molecular formula is C50H49N4O9S2+. The zero-order valence-corrected chi connectivity index (χ0v) is 37.6. The van der Waals surface area contributed by atoms with Gasteiger partial charge in [-0.25, -0.2) is 8.42 Å². The molecule has 1 amide bonds. The minimum atomic E-state index is -4.37. The van der Waals surface area contributed by atoms with Crippen molar-refractivity contribution in [3.05, 3.63) is 150 Å².